The summed E-state index contributed by atoms with van der Waals surface area (Å²) in [5, 5.41) is 0. The minimum atomic E-state index is -0.778. The van der Waals surface area contributed by atoms with Crippen LogP contribution in [-0.4, -0.2) is 37.2 Å². The van der Waals surface area contributed by atoms with Crippen LogP contribution in [0.4, 0.5) is 0 Å². The molecule has 0 fully saturated rings. The molecule has 0 aliphatic rings. The quantitative estimate of drug-likeness (QED) is 0.0261. The molecule has 1 unspecified atom stereocenters. The number of esters is 3. The molecule has 0 bridgehead atoms. The number of rotatable bonds is 67. The predicted molar refractivity (Wildman–Crippen MR) is 358 cm³/mol. The van der Waals surface area contributed by atoms with Crippen LogP contribution in [0.3, 0.4) is 0 Å². The Morgan fingerprint density at radius 2 is 0.476 bits per heavy atom. The summed E-state index contributed by atoms with van der Waals surface area (Å²) in [5.74, 6) is -0.854. The highest BCUT2D eigenvalue weighted by Gasteiger charge is 2.19. The van der Waals surface area contributed by atoms with Crippen LogP contribution in [0.1, 0.15) is 387 Å². The summed E-state index contributed by atoms with van der Waals surface area (Å²) in [6.07, 6.45) is 91.1. The maximum absolute atomic E-state index is 13.0. The molecule has 0 aliphatic heterocycles. The van der Waals surface area contributed by atoms with E-state index in [-0.39, 0.29) is 31.1 Å². The van der Waals surface area contributed by atoms with Gasteiger partial charge in [0.1, 0.15) is 13.2 Å². The Bertz CT molecular complexity index is 1460. The number of hydrogen-bond donors (Lipinski definition) is 0. The summed E-state index contributed by atoms with van der Waals surface area (Å²) >= 11 is 0. The van der Waals surface area contributed by atoms with Gasteiger partial charge in [-0.05, 0) is 83.5 Å². The van der Waals surface area contributed by atoms with E-state index in [0.717, 1.165) is 89.9 Å². The molecule has 0 spiro atoms. The minimum absolute atomic E-state index is 0.0727. The van der Waals surface area contributed by atoms with Crippen LogP contribution in [0.25, 0.3) is 0 Å². The number of allylic oxidation sites excluding steroid dienone is 10. The maximum atomic E-state index is 13.0. The average Bonchev–Trinajstić information content (AvgIpc) is 3.48. The van der Waals surface area contributed by atoms with E-state index in [1.54, 1.807) is 0 Å². The molecule has 478 valence electrons. The Morgan fingerprint density at radius 3 is 0.756 bits per heavy atom. The summed E-state index contributed by atoms with van der Waals surface area (Å²) in [6, 6.07) is 0. The van der Waals surface area contributed by atoms with Crippen molar-refractivity contribution in [2.45, 2.75) is 393 Å². The Balaban J connectivity index is 4.28. The topological polar surface area (TPSA) is 78.9 Å². The fourth-order valence-electron chi connectivity index (χ4n) is 10.8. The first-order valence-corrected chi connectivity index (χ1v) is 36.3. The van der Waals surface area contributed by atoms with Gasteiger partial charge in [-0.25, -0.2) is 0 Å². The molecular formula is C76H138O6. The van der Waals surface area contributed by atoms with Gasteiger partial charge in [0.15, 0.2) is 6.10 Å². The van der Waals surface area contributed by atoms with Crippen LogP contribution in [0, 0.1) is 0 Å². The van der Waals surface area contributed by atoms with Crippen molar-refractivity contribution in [2.75, 3.05) is 13.2 Å². The number of carbonyl (C=O) groups is 3. The van der Waals surface area contributed by atoms with Crippen LogP contribution in [0.2, 0.25) is 0 Å². The minimum Gasteiger partial charge on any atom is -0.462 e. The first-order chi connectivity index (χ1) is 40.5. The first kappa shape index (κ1) is 79.1. The maximum Gasteiger partial charge on any atom is 0.306 e. The van der Waals surface area contributed by atoms with E-state index in [4.69, 9.17) is 14.2 Å². The highest BCUT2D eigenvalue weighted by molar-refractivity contribution is 5.71. The number of carbonyl (C=O) groups excluding carboxylic acids is 3. The standard InChI is InChI=1S/C76H138O6/c1-4-7-10-13-16-19-22-25-28-31-33-35-36-37-38-39-40-42-43-45-48-51-54-57-60-63-66-69-75(78)81-72-73(71-80-74(77)68-65-62-59-56-53-50-47-30-27-24-21-18-15-12-9-6-3)82-76(79)70-67-64-61-58-55-52-49-46-44-41-34-32-29-26-23-20-17-14-11-8-5-2/h8,11,17,20,26,29,31,33-34,41,73H,4-7,9-10,12-16,18-19,21-25,27-28,30,32,35-40,42-72H2,1-3H3/b11-8-,20-17-,29-26-,33-31-,41-34-. The van der Waals surface area contributed by atoms with E-state index in [9.17, 15) is 14.4 Å². The molecule has 0 N–H and O–H groups in total. The van der Waals surface area contributed by atoms with Crippen molar-refractivity contribution in [2.24, 2.45) is 0 Å². The van der Waals surface area contributed by atoms with Gasteiger partial charge in [0.2, 0.25) is 0 Å². The third-order valence-electron chi connectivity index (χ3n) is 16.3. The number of ether oxygens (including phenoxy) is 3. The monoisotopic (exact) mass is 1150 g/mol. The zero-order valence-electron chi connectivity index (χ0n) is 55.0. The lowest BCUT2D eigenvalue weighted by molar-refractivity contribution is -0.167. The lowest BCUT2D eigenvalue weighted by Gasteiger charge is -2.18. The second-order valence-electron chi connectivity index (χ2n) is 24.5. The van der Waals surface area contributed by atoms with Crippen molar-refractivity contribution in [1.82, 2.24) is 0 Å². The molecule has 0 amide bonds. The Hall–Kier alpha value is -2.89. The van der Waals surface area contributed by atoms with E-state index >= 15 is 0 Å². The van der Waals surface area contributed by atoms with Gasteiger partial charge in [0.05, 0.1) is 0 Å². The molecule has 0 aromatic heterocycles. The first-order valence-electron chi connectivity index (χ1n) is 36.3. The molecule has 0 saturated heterocycles. The van der Waals surface area contributed by atoms with E-state index in [0.29, 0.717) is 19.3 Å². The van der Waals surface area contributed by atoms with Crippen molar-refractivity contribution in [3.63, 3.8) is 0 Å². The highest BCUT2D eigenvalue weighted by atomic mass is 16.6. The summed E-state index contributed by atoms with van der Waals surface area (Å²) in [6.45, 7) is 6.59. The fourth-order valence-corrected chi connectivity index (χ4v) is 10.8. The van der Waals surface area contributed by atoms with E-state index in [1.165, 1.54) is 257 Å². The third-order valence-corrected chi connectivity index (χ3v) is 16.3. The van der Waals surface area contributed by atoms with Gasteiger partial charge < -0.3 is 14.2 Å². The molecule has 82 heavy (non-hydrogen) atoms. The van der Waals surface area contributed by atoms with Crippen LogP contribution in [0.5, 0.6) is 0 Å². The molecule has 6 heteroatoms. The average molecular weight is 1150 g/mol. The van der Waals surface area contributed by atoms with Gasteiger partial charge in [-0.15, -0.1) is 0 Å². The molecule has 0 rings (SSSR count). The Labute approximate surface area is 510 Å². The fraction of sp³-hybridized carbons (Fsp3) is 0.829. The third kappa shape index (κ3) is 67.9. The van der Waals surface area contributed by atoms with Crippen LogP contribution in [-0.2, 0) is 28.6 Å². The van der Waals surface area contributed by atoms with Crippen molar-refractivity contribution in [3.05, 3.63) is 60.8 Å². The number of unbranched alkanes of at least 4 members (excludes halogenated alkanes) is 46. The summed E-state index contributed by atoms with van der Waals surface area (Å²) in [7, 11) is 0. The number of hydrogen-bond acceptors (Lipinski definition) is 6. The van der Waals surface area contributed by atoms with E-state index in [1.807, 2.05) is 0 Å². The lowest BCUT2D eigenvalue weighted by Crippen LogP contribution is -2.30. The van der Waals surface area contributed by atoms with Gasteiger partial charge in [-0.2, -0.15) is 0 Å². The van der Waals surface area contributed by atoms with E-state index in [2.05, 4.69) is 81.5 Å². The molecule has 1 atom stereocenters. The van der Waals surface area contributed by atoms with Crippen LogP contribution in [0.15, 0.2) is 60.8 Å². The molecule has 0 aromatic rings. The zero-order valence-corrected chi connectivity index (χ0v) is 55.0. The van der Waals surface area contributed by atoms with Crippen molar-refractivity contribution in [3.8, 4) is 0 Å². The predicted octanol–water partition coefficient (Wildman–Crippen LogP) is 25.1. The van der Waals surface area contributed by atoms with Gasteiger partial charge in [0, 0.05) is 19.3 Å². The van der Waals surface area contributed by atoms with Crippen molar-refractivity contribution < 1.29 is 28.6 Å². The Morgan fingerprint density at radius 1 is 0.256 bits per heavy atom. The molecule has 0 saturated carbocycles. The summed E-state index contributed by atoms with van der Waals surface area (Å²) in [5.41, 5.74) is 0. The molecule has 6 nitrogen and oxygen atoms in total. The Kier molecular flexibility index (Phi) is 68.1. The van der Waals surface area contributed by atoms with Crippen LogP contribution >= 0.6 is 0 Å². The van der Waals surface area contributed by atoms with Crippen molar-refractivity contribution >= 4 is 17.9 Å². The summed E-state index contributed by atoms with van der Waals surface area (Å²) < 4.78 is 17.0. The zero-order chi connectivity index (χ0) is 59.2. The van der Waals surface area contributed by atoms with Gasteiger partial charge in [0.25, 0.3) is 0 Å². The molecule has 0 aromatic carbocycles. The lowest BCUT2D eigenvalue weighted by atomic mass is 10.0. The summed E-state index contributed by atoms with van der Waals surface area (Å²) in [4.78, 5) is 38.5. The molecule has 0 aliphatic carbocycles. The largest absolute Gasteiger partial charge is 0.462 e. The van der Waals surface area contributed by atoms with Gasteiger partial charge in [-0.3, -0.25) is 14.4 Å². The van der Waals surface area contributed by atoms with Crippen molar-refractivity contribution in [1.29, 1.82) is 0 Å². The smallest absolute Gasteiger partial charge is 0.306 e. The molecule has 0 heterocycles. The SMILES string of the molecule is CC/C=C\C/C=C\C/C=C\C/C=C\CCCCCCCCCCC(=O)OC(COC(=O)CCCCCCCCCCCCCCCCCC)COC(=O)CCCCCCCCCCCCCCCCC/C=C\CCCCCCCCCC. The normalized spacial score (nSPS) is 12.4. The molecule has 0 radical (unpaired) electrons. The van der Waals surface area contributed by atoms with Crippen LogP contribution < -0.4 is 0 Å². The van der Waals surface area contributed by atoms with E-state index < -0.39 is 6.10 Å². The second-order valence-corrected chi connectivity index (χ2v) is 24.5. The van der Waals surface area contributed by atoms with Gasteiger partial charge >= 0.3 is 17.9 Å². The highest BCUT2D eigenvalue weighted by Crippen LogP contribution is 2.18. The molecular weight excluding hydrogens is 1010 g/mol. The second kappa shape index (κ2) is 70.6. The van der Waals surface area contributed by atoms with Gasteiger partial charge in [-0.1, -0.05) is 345 Å².